The zero-order valence-electron chi connectivity index (χ0n) is 15.6. The molecule has 29 heavy (non-hydrogen) atoms. The average molecular weight is 453 g/mol. The van der Waals surface area contributed by atoms with Crippen molar-refractivity contribution in [1.29, 1.82) is 0 Å². The number of piperazine rings is 1. The number of rotatable bonds is 5. The van der Waals surface area contributed by atoms with Gasteiger partial charge < -0.3 is 10.2 Å². The standard InChI is InChI=1S/C21H20Cl3N3O2/c22-16-11-15(12-17(23)13-16)5-6-21(29)27-9-7-26(8-10-27)14-20(28)25-19-4-2-1-3-18(19)24/h1-6,11-13H,7-10,14H2,(H,25,28)/b6-5+. The Morgan fingerprint density at radius 2 is 1.62 bits per heavy atom. The Morgan fingerprint density at radius 1 is 0.966 bits per heavy atom. The van der Waals surface area contributed by atoms with Crippen molar-refractivity contribution >= 4 is 58.4 Å². The minimum absolute atomic E-state index is 0.0822. The van der Waals surface area contributed by atoms with Crippen LogP contribution in [-0.2, 0) is 9.59 Å². The van der Waals surface area contributed by atoms with Gasteiger partial charge in [0.25, 0.3) is 0 Å². The molecule has 0 aromatic heterocycles. The Bertz CT molecular complexity index is 905. The summed E-state index contributed by atoms with van der Waals surface area (Å²) in [6, 6.07) is 12.2. The van der Waals surface area contributed by atoms with Crippen molar-refractivity contribution in [3.8, 4) is 0 Å². The predicted octanol–water partition coefficient (Wildman–Crippen LogP) is 4.44. The maximum Gasteiger partial charge on any atom is 0.246 e. The second-order valence-corrected chi connectivity index (χ2v) is 7.95. The van der Waals surface area contributed by atoms with Crippen LogP contribution in [0.15, 0.2) is 48.5 Å². The van der Waals surface area contributed by atoms with Crippen LogP contribution in [0, 0.1) is 0 Å². The molecule has 1 heterocycles. The van der Waals surface area contributed by atoms with Crippen molar-refractivity contribution in [1.82, 2.24) is 9.80 Å². The van der Waals surface area contributed by atoms with Gasteiger partial charge in [-0.15, -0.1) is 0 Å². The number of carbonyl (C=O) groups is 2. The summed E-state index contributed by atoms with van der Waals surface area (Å²) in [4.78, 5) is 28.4. The molecule has 1 fully saturated rings. The number of carbonyl (C=O) groups excluding carboxylic acids is 2. The highest BCUT2D eigenvalue weighted by Crippen LogP contribution is 2.21. The van der Waals surface area contributed by atoms with E-state index in [0.29, 0.717) is 46.9 Å². The Morgan fingerprint density at radius 3 is 2.28 bits per heavy atom. The van der Waals surface area contributed by atoms with Crippen molar-refractivity contribution in [2.75, 3.05) is 38.0 Å². The summed E-state index contributed by atoms with van der Waals surface area (Å²) in [5.74, 6) is -0.211. The Balaban J connectivity index is 1.47. The van der Waals surface area contributed by atoms with Crippen LogP contribution in [0.4, 0.5) is 5.69 Å². The van der Waals surface area contributed by atoms with E-state index >= 15 is 0 Å². The van der Waals surface area contributed by atoms with Crippen molar-refractivity contribution in [3.63, 3.8) is 0 Å². The van der Waals surface area contributed by atoms with Crippen LogP contribution in [0.25, 0.3) is 6.08 Å². The molecular formula is C21H20Cl3N3O2. The van der Waals surface area contributed by atoms with E-state index < -0.39 is 0 Å². The van der Waals surface area contributed by atoms with Gasteiger partial charge in [0.05, 0.1) is 17.3 Å². The molecule has 3 rings (SSSR count). The van der Waals surface area contributed by atoms with Gasteiger partial charge in [0.1, 0.15) is 0 Å². The first kappa shape index (κ1) is 21.7. The van der Waals surface area contributed by atoms with E-state index in [1.807, 2.05) is 17.0 Å². The molecule has 2 aromatic rings. The van der Waals surface area contributed by atoms with Gasteiger partial charge in [0.15, 0.2) is 0 Å². The van der Waals surface area contributed by atoms with Crippen LogP contribution in [0.3, 0.4) is 0 Å². The highest BCUT2D eigenvalue weighted by Gasteiger charge is 2.21. The summed E-state index contributed by atoms with van der Waals surface area (Å²) in [6.45, 7) is 2.61. The van der Waals surface area contributed by atoms with E-state index in [-0.39, 0.29) is 18.4 Å². The van der Waals surface area contributed by atoms with E-state index in [2.05, 4.69) is 5.32 Å². The summed E-state index contributed by atoms with van der Waals surface area (Å²) in [5, 5.41) is 4.36. The number of amides is 2. The van der Waals surface area contributed by atoms with Crippen LogP contribution in [0.1, 0.15) is 5.56 Å². The number of hydrogen-bond acceptors (Lipinski definition) is 3. The summed E-state index contributed by atoms with van der Waals surface area (Å²) in [5.41, 5.74) is 1.37. The van der Waals surface area contributed by atoms with Crippen LogP contribution in [-0.4, -0.2) is 54.3 Å². The molecule has 0 atom stereocenters. The summed E-state index contributed by atoms with van der Waals surface area (Å²) in [6.07, 6.45) is 3.21. The Hall–Kier alpha value is -2.05. The summed E-state index contributed by atoms with van der Waals surface area (Å²) >= 11 is 18.0. The van der Waals surface area contributed by atoms with E-state index in [1.54, 1.807) is 41.3 Å². The Kier molecular flexibility index (Phi) is 7.56. The SMILES string of the molecule is O=C(CN1CCN(C(=O)/C=C/c2cc(Cl)cc(Cl)c2)CC1)Nc1ccccc1Cl. The first-order valence-corrected chi connectivity index (χ1v) is 10.2. The van der Waals surface area contributed by atoms with Crippen molar-refractivity contribution in [2.45, 2.75) is 0 Å². The van der Waals surface area contributed by atoms with Crippen molar-refractivity contribution in [3.05, 3.63) is 69.2 Å². The zero-order chi connectivity index (χ0) is 20.8. The molecule has 0 aliphatic carbocycles. The van der Waals surface area contributed by atoms with Crippen LogP contribution >= 0.6 is 34.8 Å². The Labute approximate surface area is 184 Å². The van der Waals surface area contributed by atoms with Gasteiger partial charge in [-0.1, -0.05) is 46.9 Å². The fourth-order valence-electron chi connectivity index (χ4n) is 3.03. The lowest BCUT2D eigenvalue weighted by molar-refractivity contribution is -0.127. The monoisotopic (exact) mass is 451 g/mol. The third-order valence-corrected chi connectivity index (χ3v) is 5.27. The van der Waals surface area contributed by atoms with Crippen LogP contribution < -0.4 is 5.32 Å². The molecular weight excluding hydrogens is 433 g/mol. The summed E-state index contributed by atoms with van der Waals surface area (Å²) < 4.78 is 0. The third kappa shape index (κ3) is 6.47. The number of benzene rings is 2. The second-order valence-electron chi connectivity index (χ2n) is 6.67. The van der Waals surface area contributed by atoms with Gasteiger partial charge in [-0.2, -0.15) is 0 Å². The molecule has 8 heteroatoms. The number of nitrogens with zero attached hydrogens (tertiary/aromatic N) is 2. The molecule has 152 valence electrons. The topological polar surface area (TPSA) is 52.7 Å². The lowest BCUT2D eigenvalue weighted by Crippen LogP contribution is -2.50. The van der Waals surface area contributed by atoms with Gasteiger partial charge in [0.2, 0.25) is 11.8 Å². The minimum Gasteiger partial charge on any atom is -0.337 e. The quantitative estimate of drug-likeness (QED) is 0.682. The largest absolute Gasteiger partial charge is 0.337 e. The molecule has 2 aromatic carbocycles. The van der Waals surface area contributed by atoms with Crippen LogP contribution in [0.2, 0.25) is 15.1 Å². The third-order valence-electron chi connectivity index (χ3n) is 4.50. The van der Waals surface area contributed by atoms with Gasteiger partial charge in [0, 0.05) is 42.3 Å². The molecule has 1 aliphatic heterocycles. The fraction of sp³-hybridized carbons (Fsp3) is 0.238. The first-order valence-electron chi connectivity index (χ1n) is 9.10. The molecule has 2 amide bonds. The highest BCUT2D eigenvalue weighted by atomic mass is 35.5. The van der Waals surface area contributed by atoms with Gasteiger partial charge >= 0.3 is 0 Å². The predicted molar refractivity (Wildman–Crippen MR) is 119 cm³/mol. The lowest BCUT2D eigenvalue weighted by Gasteiger charge is -2.33. The normalized spacial score (nSPS) is 14.9. The zero-order valence-corrected chi connectivity index (χ0v) is 17.8. The number of anilines is 1. The molecule has 0 spiro atoms. The smallest absolute Gasteiger partial charge is 0.246 e. The van der Waals surface area contributed by atoms with E-state index in [1.165, 1.54) is 6.08 Å². The van der Waals surface area contributed by atoms with Crippen molar-refractivity contribution in [2.24, 2.45) is 0 Å². The molecule has 0 bridgehead atoms. The number of para-hydroxylation sites is 1. The number of halogens is 3. The lowest BCUT2D eigenvalue weighted by atomic mass is 10.2. The van der Waals surface area contributed by atoms with Crippen LogP contribution in [0.5, 0.6) is 0 Å². The average Bonchev–Trinajstić information content (AvgIpc) is 2.68. The maximum atomic E-state index is 12.4. The molecule has 0 radical (unpaired) electrons. The molecule has 1 N–H and O–H groups in total. The molecule has 1 saturated heterocycles. The van der Waals surface area contributed by atoms with Crippen molar-refractivity contribution < 1.29 is 9.59 Å². The van der Waals surface area contributed by atoms with Gasteiger partial charge in [-0.05, 0) is 42.0 Å². The molecule has 0 unspecified atom stereocenters. The van der Waals surface area contributed by atoms with Gasteiger partial charge in [-0.25, -0.2) is 0 Å². The van der Waals surface area contributed by atoms with E-state index in [4.69, 9.17) is 34.8 Å². The second kappa shape index (κ2) is 10.1. The summed E-state index contributed by atoms with van der Waals surface area (Å²) in [7, 11) is 0. The first-order chi connectivity index (χ1) is 13.9. The minimum atomic E-state index is -0.129. The molecule has 1 aliphatic rings. The molecule has 0 saturated carbocycles. The van der Waals surface area contributed by atoms with Gasteiger partial charge in [-0.3, -0.25) is 14.5 Å². The van der Waals surface area contributed by atoms with E-state index in [9.17, 15) is 9.59 Å². The number of hydrogen-bond donors (Lipinski definition) is 1. The number of nitrogens with one attached hydrogen (secondary N) is 1. The fourth-order valence-corrected chi connectivity index (χ4v) is 3.75. The van der Waals surface area contributed by atoms with E-state index in [0.717, 1.165) is 5.56 Å². The maximum absolute atomic E-state index is 12.4. The molecule has 5 nitrogen and oxygen atoms in total. The highest BCUT2D eigenvalue weighted by molar-refractivity contribution is 6.35.